The van der Waals surface area contributed by atoms with Crippen molar-refractivity contribution in [1.82, 2.24) is 14.1 Å². The largest absolute Gasteiger partial charge is 0.309 e. The van der Waals surface area contributed by atoms with Crippen LogP contribution in [0.4, 0.5) is 0 Å². The minimum Gasteiger partial charge on any atom is -0.309 e. The van der Waals surface area contributed by atoms with Crippen molar-refractivity contribution >= 4 is 54.4 Å². The molecule has 0 unspecified atom stereocenters. The first kappa shape index (κ1) is 23.1. The SMILES string of the molecule is c1ccc(-n2c3ccccc3c3c(-c4ccc5c(c4)c4ccccc4n5-c4ccc5ccccc5c4)nccc32)cc1. The van der Waals surface area contributed by atoms with Crippen molar-refractivity contribution in [3.63, 3.8) is 0 Å². The van der Waals surface area contributed by atoms with Gasteiger partial charge >= 0.3 is 0 Å². The lowest BCUT2D eigenvalue weighted by atomic mass is 10.0. The van der Waals surface area contributed by atoms with Gasteiger partial charge in [0.15, 0.2) is 0 Å². The molecule has 6 aromatic carbocycles. The van der Waals surface area contributed by atoms with E-state index in [0.717, 1.165) is 22.5 Å². The molecule has 0 spiro atoms. The highest BCUT2D eigenvalue weighted by molar-refractivity contribution is 6.16. The molecule has 0 aliphatic heterocycles. The molecule has 0 saturated carbocycles. The third kappa shape index (κ3) is 3.31. The van der Waals surface area contributed by atoms with Crippen LogP contribution < -0.4 is 0 Å². The van der Waals surface area contributed by atoms with Crippen LogP contribution in [0, 0.1) is 0 Å². The smallest absolute Gasteiger partial charge is 0.0802 e. The van der Waals surface area contributed by atoms with E-state index < -0.39 is 0 Å². The van der Waals surface area contributed by atoms with Crippen LogP contribution in [0.5, 0.6) is 0 Å². The van der Waals surface area contributed by atoms with Crippen LogP contribution >= 0.6 is 0 Å². The molecule has 0 N–H and O–H groups in total. The fraction of sp³-hybridized carbons (Fsp3) is 0. The fourth-order valence-electron chi connectivity index (χ4n) is 6.70. The number of fused-ring (bicyclic) bond motifs is 7. The van der Waals surface area contributed by atoms with Crippen LogP contribution in [0.3, 0.4) is 0 Å². The second-order valence-corrected chi connectivity index (χ2v) is 10.9. The second kappa shape index (κ2) is 8.92. The van der Waals surface area contributed by atoms with E-state index in [-0.39, 0.29) is 0 Å². The Hall–Kier alpha value is -5.67. The van der Waals surface area contributed by atoms with Gasteiger partial charge in [-0.25, -0.2) is 0 Å². The molecule has 0 amide bonds. The van der Waals surface area contributed by atoms with Crippen molar-refractivity contribution in [3.8, 4) is 22.6 Å². The van der Waals surface area contributed by atoms with Crippen molar-refractivity contribution in [2.45, 2.75) is 0 Å². The summed E-state index contributed by atoms with van der Waals surface area (Å²) in [6, 6.07) is 52.2. The lowest BCUT2D eigenvalue weighted by Gasteiger charge is -2.10. The number of hydrogen-bond donors (Lipinski definition) is 0. The third-order valence-electron chi connectivity index (χ3n) is 8.54. The van der Waals surface area contributed by atoms with Gasteiger partial charge in [0.05, 0.1) is 27.8 Å². The molecule has 0 atom stereocenters. The minimum atomic E-state index is 1.00. The van der Waals surface area contributed by atoms with Crippen LogP contribution in [0.15, 0.2) is 152 Å². The average molecular weight is 536 g/mol. The highest BCUT2D eigenvalue weighted by Crippen LogP contribution is 2.40. The van der Waals surface area contributed by atoms with Gasteiger partial charge in [0, 0.05) is 44.7 Å². The Kier molecular flexibility index (Phi) is 4.90. The van der Waals surface area contributed by atoms with Gasteiger partial charge in [-0.15, -0.1) is 0 Å². The predicted molar refractivity (Wildman–Crippen MR) is 176 cm³/mol. The third-order valence-corrected chi connectivity index (χ3v) is 8.54. The summed E-state index contributed by atoms with van der Waals surface area (Å²) in [6.45, 7) is 0. The van der Waals surface area contributed by atoms with Crippen LogP contribution in [0.1, 0.15) is 0 Å². The maximum Gasteiger partial charge on any atom is 0.0802 e. The number of aromatic nitrogens is 3. The molecule has 0 saturated heterocycles. The molecule has 3 nitrogen and oxygen atoms in total. The number of pyridine rings is 1. The van der Waals surface area contributed by atoms with Crippen LogP contribution in [0.25, 0.3) is 77.0 Å². The molecule has 0 bridgehead atoms. The van der Waals surface area contributed by atoms with Gasteiger partial charge in [0.25, 0.3) is 0 Å². The summed E-state index contributed by atoms with van der Waals surface area (Å²) < 4.78 is 4.73. The van der Waals surface area contributed by atoms with Crippen molar-refractivity contribution in [3.05, 3.63) is 152 Å². The first-order valence-corrected chi connectivity index (χ1v) is 14.3. The van der Waals surface area contributed by atoms with E-state index in [1.165, 1.54) is 54.6 Å². The number of rotatable bonds is 3. The molecule has 196 valence electrons. The number of para-hydroxylation sites is 3. The van der Waals surface area contributed by atoms with E-state index in [1.807, 2.05) is 6.20 Å². The zero-order chi connectivity index (χ0) is 27.6. The van der Waals surface area contributed by atoms with Crippen LogP contribution in [0.2, 0.25) is 0 Å². The Morgan fingerprint density at radius 3 is 1.93 bits per heavy atom. The van der Waals surface area contributed by atoms with Gasteiger partial charge in [0.2, 0.25) is 0 Å². The molecule has 42 heavy (non-hydrogen) atoms. The summed E-state index contributed by atoms with van der Waals surface area (Å²) in [5, 5.41) is 7.33. The predicted octanol–water partition coefficient (Wildman–Crippen LogP) is 10.1. The van der Waals surface area contributed by atoms with Crippen molar-refractivity contribution in [2.24, 2.45) is 0 Å². The first-order chi connectivity index (χ1) is 20.8. The fourth-order valence-corrected chi connectivity index (χ4v) is 6.70. The molecule has 0 aliphatic carbocycles. The molecule has 3 heteroatoms. The summed E-state index contributed by atoms with van der Waals surface area (Å²) in [5.41, 5.74) is 9.16. The van der Waals surface area contributed by atoms with Gasteiger partial charge in [0.1, 0.15) is 0 Å². The van der Waals surface area contributed by atoms with Gasteiger partial charge < -0.3 is 9.13 Å². The monoisotopic (exact) mass is 535 g/mol. The number of benzene rings is 6. The van der Waals surface area contributed by atoms with E-state index in [2.05, 4.69) is 155 Å². The van der Waals surface area contributed by atoms with Crippen molar-refractivity contribution < 1.29 is 0 Å². The Balaban J connectivity index is 1.32. The Morgan fingerprint density at radius 1 is 0.405 bits per heavy atom. The number of nitrogens with zero attached hydrogens (tertiary/aromatic N) is 3. The molecule has 3 aromatic heterocycles. The molecule has 0 fully saturated rings. The maximum atomic E-state index is 5.00. The van der Waals surface area contributed by atoms with E-state index in [0.29, 0.717) is 0 Å². The molecule has 9 aromatic rings. The number of hydrogen-bond acceptors (Lipinski definition) is 1. The highest BCUT2D eigenvalue weighted by atomic mass is 15.0. The Morgan fingerprint density at radius 2 is 1.07 bits per heavy atom. The first-order valence-electron chi connectivity index (χ1n) is 14.3. The topological polar surface area (TPSA) is 22.8 Å². The summed E-state index contributed by atoms with van der Waals surface area (Å²) in [7, 11) is 0. The molecular weight excluding hydrogens is 510 g/mol. The summed E-state index contributed by atoms with van der Waals surface area (Å²) in [6.07, 6.45) is 1.94. The zero-order valence-corrected chi connectivity index (χ0v) is 22.8. The molecule has 0 aliphatic rings. The Bertz CT molecular complexity index is 2460. The zero-order valence-electron chi connectivity index (χ0n) is 22.8. The van der Waals surface area contributed by atoms with E-state index >= 15 is 0 Å². The van der Waals surface area contributed by atoms with Crippen molar-refractivity contribution in [2.75, 3.05) is 0 Å². The van der Waals surface area contributed by atoms with Gasteiger partial charge in [-0.05, 0) is 65.4 Å². The summed E-state index contributed by atoms with van der Waals surface area (Å²) >= 11 is 0. The maximum absolute atomic E-state index is 5.00. The molecule has 9 rings (SSSR count). The standard InChI is InChI=1S/C39H25N3/c1-2-12-29(13-3-1)41-35-17-9-7-15-32(35)38-37(41)22-23-40-39(38)28-19-21-36-33(25-28)31-14-6-8-16-34(31)42(36)30-20-18-26-10-4-5-11-27(26)24-30/h1-25H. The lowest BCUT2D eigenvalue weighted by Crippen LogP contribution is -1.94. The van der Waals surface area contributed by atoms with Gasteiger partial charge in [-0.1, -0.05) is 91.0 Å². The minimum absolute atomic E-state index is 1.00. The average Bonchev–Trinajstić information content (AvgIpc) is 3.58. The quantitative estimate of drug-likeness (QED) is 0.221. The van der Waals surface area contributed by atoms with E-state index in [9.17, 15) is 0 Å². The lowest BCUT2D eigenvalue weighted by molar-refractivity contribution is 1.17. The highest BCUT2D eigenvalue weighted by Gasteiger charge is 2.19. The Labute approximate surface area is 242 Å². The molecule has 3 heterocycles. The molecule has 0 radical (unpaired) electrons. The molecular formula is C39H25N3. The normalized spacial score (nSPS) is 11.8. The summed E-state index contributed by atoms with van der Waals surface area (Å²) in [4.78, 5) is 5.00. The van der Waals surface area contributed by atoms with Crippen molar-refractivity contribution in [1.29, 1.82) is 0 Å². The van der Waals surface area contributed by atoms with Gasteiger partial charge in [-0.2, -0.15) is 0 Å². The van der Waals surface area contributed by atoms with Crippen LogP contribution in [-0.4, -0.2) is 14.1 Å². The second-order valence-electron chi connectivity index (χ2n) is 10.9. The summed E-state index contributed by atoms with van der Waals surface area (Å²) in [5.74, 6) is 0. The van der Waals surface area contributed by atoms with Crippen LogP contribution in [-0.2, 0) is 0 Å². The van der Waals surface area contributed by atoms with E-state index in [1.54, 1.807) is 0 Å². The van der Waals surface area contributed by atoms with E-state index in [4.69, 9.17) is 4.98 Å². The van der Waals surface area contributed by atoms with Gasteiger partial charge in [-0.3, -0.25) is 4.98 Å².